The molecule has 4 rings (SSSR count). The van der Waals surface area contributed by atoms with Crippen LogP contribution in [-0.2, 0) is 12.8 Å². The van der Waals surface area contributed by atoms with Crippen molar-refractivity contribution in [2.24, 2.45) is 5.92 Å². The normalized spacial score (nSPS) is 22.7. The number of rotatable bonds is 3. The van der Waals surface area contributed by atoms with Crippen LogP contribution in [0.25, 0.3) is 5.57 Å². The molecule has 2 aliphatic carbocycles. The van der Waals surface area contributed by atoms with Gasteiger partial charge in [0.2, 0.25) is 0 Å². The van der Waals surface area contributed by atoms with E-state index in [1.165, 1.54) is 60.9 Å². The summed E-state index contributed by atoms with van der Waals surface area (Å²) >= 11 is 0. The Balaban J connectivity index is 1.48. The molecule has 0 spiro atoms. The molecule has 136 valence electrons. The van der Waals surface area contributed by atoms with Crippen LogP contribution >= 0.6 is 0 Å². The summed E-state index contributed by atoms with van der Waals surface area (Å²) in [6, 6.07) is 11.7. The Morgan fingerprint density at radius 1 is 0.885 bits per heavy atom. The quantitative estimate of drug-likeness (QED) is 0.568. The second-order valence-corrected chi connectivity index (χ2v) is 7.89. The molecule has 0 radical (unpaired) electrons. The van der Waals surface area contributed by atoms with Crippen molar-refractivity contribution in [3.63, 3.8) is 0 Å². The summed E-state index contributed by atoms with van der Waals surface area (Å²) in [7, 11) is 0. The highest BCUT2D eigenvalue weighted by atomic mass is 19.2. The van der Waals surface area contributed by atoms with Crippen LogP contribution in [0.4, 0.5) is 8.78 Å². The maximum absolute atomic E-state index is 13.6. The Bertz CT molecular complexity index is 809. The molecule has 0 aliphatic heterocycles. The highest BCUT2D eigenvalue weighted by molar-refractivity contribution is 5.70. The molecule has 0 bridgehead atoms. The van der Waals surface area contributed by atoms with Gasteiger partial charge in [0.25, 0.3) is 0 Å². The van der Waals surface area contributed by atoms with Gasteiger partial charge in [-0.1, -0.05) is 43.7 Å². The van der Waals surface area contributed by atoms with Crippen LogP contribution in [0.15, 0.2) is 42.5 Å². The Hall–Kier alpha value is -1.96. The summed E-state index contributed by atoms with van der Waals surface area (Å²) in [4.78, 5) is 0. The second kappa shape index (κ2) is 7.34. The number of halogens is 2. The monoisotopic (exact) mass is 352 g/mol. The van der Waals surface area contributed by atoms with Crippen molar-refractivity contribution in [1.82, 2.24) is 0 Å². The van der Waals surface area contributed by atoms with Gasteiger partial charge in [0.05, 0.1) is 0 Å². The maximum Gasteiger partial charge on any atom is 0.159 e. The zero-order valence-electron chi connectivity index (χ0n) is 15.4. The molecule has 1 fully saturated rings. The molecule has 0 nitrogen and oxygen atoms in total. The van der Waals surface area contributed by atoms with Gasteiger partial charge in [-0.3, -0.25) is 0 Å². The Morgan fingerprint density at radius 2 is 1.54 bits per heavy atom. The SMILES string of the molecule is CCC1CCC(c2ccc(C3=CCc4cc(F)c(F)cc4C3)cc2)CC1. The van der Waals surface area contributed by atoms with E-state index in [1.54, 1.807) is 0 Å². The van der Waals surface area contributed by atoms with Crippen LogP contribution in [0, 0.1) is 17.6 Å². The molecule has 26 heavy (non-hydrogen) atoms. The summed E-state index contributed by atoms with van der Waals surface area (Å²) in [5.74, 6) is 0.124. The third-order valence-electron chi connectivity index (χ3n) is 6.37. The van der Waals surface area contributed by atoms with E-state index in [-0.39, 0.29) is 0 Å². The van der Waals surface area contributed by atoms with Gasteiger partial charge in [0.15, 0.2) is 11.6 Å². The average Bonchev–Trinajstić information content (AvgIpc) is 2.69. The van der Waals surface area contributed by atoms with E-state index in [2.05, 4.69) is 37.3 Å². The molecule has 0 saturated heterocycles. The number of benzene rings is 2. The van der Waals surface area contributed by atoms with Crippen molar-refractivity contribution in [3.8, 4) is 0 Å². The van der Waals surface area contributed by atoms with E-state index in [1.807, 2.05) is 0 Å². The van der Waals surface area contributed by atoms with Crippen LogP contribution in [0.1, 0.15) is 67.2 Å². The number of hydrogen-bond acceptors (Lipinski definition) is 0. The lowest BCUT2D eigenvalue weighted by Crippen LogP contribution is -2.12. The van der Waals surface area contributed by atoms with Crippen molar-refractivity contribution in [3.05, 3.63) is 76.4 Å². The lowest BCUT2D eigenvalue weighted by atomic mass is 9.77. The van der Waals surface area contributed by atoms with Gasteiger partial charge >= 0.3 is 0 Å². The molecule has 0 amide bonds. The molecule has 2 aliphatic rings. The summed E-state index contributed by atoms with van der Waals surface area (Å²) in [5.41, 5.74) is 5.67. The van der Waals surface area contributed by atoms with E-state index >= 15 is 0 Å². The van der Waals surface area contributed by atoms with E-state index < -0.39 is 11.6 Å². The fourth-order valence-electron chi connectivity index (χ4n) is 4.59. The van der Waals surface area contributed by atoms with Gasteiger partial charge in [0, 0.05) is 0 Å². The topological polar surface area (TPSA) is 0 Å². The average molecular weight is 352 g/mol. The van der Waals surface area contributed by atoms with Crippen LogP contribution in [-0.4, -0.2) is 0 Å². The molecule has 2 heteroatoms. The zero-order valence-corrected chi connectivity index (χ0v) is 15.4. The highest BCUT2D eigenvalue weighted by Crippen LogP contribution is 2.37. The maximum atomic E-state index is 13.6. The predicted molar refractivity (Wildman–Crippen MR) is 103 cm³/mol. The van der Waals surface area contributed by atoms with Crippen LogP contribution < -0.4 is 0 Å². The molecular formula is C24H26F2. The highest BCUT2D eigenvalue weighted by Gasteiger charge is 2.21. The van der Waals surface area contributed by atoms with Crippen molar-refractivity contribution >= 4 is 5.57 Å². The van der Waals surface area contributed by atoms with Crippen molar-refractivity contribution in [1.29, 1.82) is 0 Å². The third-order valence-corrected chi connectivity index (χ3v) is 6.37. The molecule has 2 aromatic carbocycles. The Kier molecular flexibility index (Phi) is 4.93. The van der Waals surface area contributed by atoms with Crippen molar-refractivity contribution in [2.75, 3.05) is 0 Å². The summed E-state index contributed by atoms with van der Waals surface area (Å²) in [6.07, 6.45) is 10.1. The smallest absolute Gasteiger partial charge is 0.159 e. The number of allylic oxidation sites excluding steroid dienone is 2. The second-order valence-electron chi connectivity index (χ2n) is 7.89. The van der Waals surface area contributed by atoms with Gasteiger partial charge in [0.1, 0.15) is 0 Å². The van der Waals surface area contributed by atoms with Gasteiger partial charge in [-0.15, -0.1) is 0 Å². The van der Waals surface area contributed by atoms with Crippen molar-refractivity contribution < 1.29 is 8.78 Å². The Labute approximate surface area is 154 Å². The van der Waals surface area contributed by atoms with Crippen molar-refractivity contribution in [2.45, 2.75) is 57.8 Å². The van der Waals surface area contributed by atoms with Gasteiger partial charge in [-0.2, -0.15) is 0 Å². The Morgan fingerprint density at radius 3 is 2.19 bits per heavy atom. The first kappa shape index (κ1) is 17.5. The third kappa shape index (κ3) is 3.47. The van der Waals surface area contributed by atoms with Gasteiger partial charge in [-0.05, 0) is 90.3 Å². The van der Waals surface area contributed by atoms with E-state index in [0.717, 1.165) is 17.0 Å². The molecule has 2 aromatic rings. The molecule has 0 atom stereocenters. The molecular weight excluding hydrogens is 326 g/mol. The largest absolute Gasteiger partial charge is 0.204 e. The molecule has 0 N–H and O–H groups in total. The molecule has 0 unspecified atom stereocenters. The fourth-order valence-corrected chi connectivity index (χ4v) is 4.59. The minimum absolute atomic E-state index is 0.671. The minimum atomic E-state index is -0.747. The molecule has 1 saturated carbocycles. The fraction of sp³-hybridized carbons (Fsp3) is 0.417. The van der Waals surface area contributed by atoms with Crippen LogP contribution in [0.2, 0.25) is 0 Å². The molecule has 0 aromatic heterocycles. The standard InChI is InChI=1S/C24H26F2/c1-2-16-3-5-17(6-4-16)18-7-9-19(10-8-18)20-11-12-21-14-23(25)24(26)15-22(21)13-20/h7-11,14-17H,2-6,12-13H2,1H3. The lowest BCUT2D eigenvalue weighted by molar-refractivity contribution is 0.319. The zero-order chi connectivity index (χ0) is 18.1. The van der Waals surface area contributed by atoms with Gasteiger partial charge < -0.3 is 0 Å². The molecule has 0 heterocycles. The van der Waals surface area contributed by atoms with E-state index in [9.17, 15) is 8.78 Å². The lowest BCUT2D eigenvalue weighted by Gasteiger charge is -2.28. The minimum Gasteiger partial charge on any atom is -0.204 e. The van der Waals surface area contributed by atoms with E-state index in [4.69, 9.17) is 0 Å². The first-order valence-electron chi connectivity index (χ1n) is 9.90. The first-order valence-corrected chi connectivity index (χ1v) is 9.90. The van der Waals surface area contributed by atoms with E-state index in [0.29, 0.717) is 18.8 Å². The summed E-state index contributed by atoms with van der Waals surface area (Å²) < 4.78 is 27.0. The first-order chi connectivity index (χ1) is 12.6. The number of hydrogen-bond donors (Lipinski definition) is 0. The summed E-state index contributed by atoms with van der Waals surface area (Å²) in [5, 5.41) is 0. The summed E-state index contributed by atoms with van der Waals surface area (Å²) in [6.45, 7) is 2.30. The number of fused-ring (bicyclic) bond motifs is 1. The van der Waals surface area contributed by atoms with Crippen LogP contribution in [0.5, 0.6) is 0 Å². The van der Waals surface area contributed by atoms with Gasteiger partial charge in [-0.25, -0.2) is 8.78 Å². The predicted octanol–water partition coefficient (Wildman–Crippen LogP) is 6.83. The van der Waals surface area contributed by atoms with Crippen LogP contribution in [0.3, 0.4) is 0 Å².